The minimum absolute atomic E-state index is 0.465. The molecule has 0 aliphatic rings. The number of unbranched alkanes of at least 4 members (excludes halogenated alkanes) is 1. The van der Waals surface area contributed by atoms with Crippen LogP contribution in [-0.4, -0.2) is 25.2 Å². The molecule has 16 heavy (non-hydrogen) atoms. The predicted molar refractivity (Wildman–Crippen MR) is 56.8 cm³/mol. The molecule has 82 valence electrons. The first-order valence-corrected chi connectivity index (χ1v) is 5.20. The summed E-state index contributed by atoms with van der Waals surface area (Å²) >= 11 is 0. The van der Waals surface area contributed by atoms with Crippen molar-refractivity contribution in [1.29, 1.82) is 5.26 Å². The van der Waals surface area contributed by atoms with Crippen molar-refractivity contribution in [3.8, 4) is 11.9 Å². The Hall–Kier alpha value is -2.16. The second kappa shape index (κ2) is 4.57. The Morgan fingerprint density at radius 2 is 2.44 bits per heavy atom. The minimum Gasteiger partial charge on any atom is -0.260 e. The van der Waals surface area contributed by atoms with E-state index in [-0.39, 0.29) is 0 Å². The van der Waals surface area contributed by atoms with Crippen LogP contribution in [0.2, 0.25) is 0 Å². The zero-order chi connectivity index (χ0) is 11.4. The molecule has 0 amide bonds. The molecule has 2 heterocycles. The molecule has 0 unspecified atom stereocenters. The molecule has 0 aromatic carbocycles. The summed E-state index contributed by atoms with van der Waals surface area (Å²) in [5, 5.41) is 23.4. The Kier molecular flexibility index (Phi) is 2.96. The van der Waals surface area contributed by atoms with Crippen LogP contribution in [-0.2, 0) is 6.42 Å². The number of nitrogens with one attached hydrogen (secondary N) is 1. The average molecular weight is 216 g/mol. The van der Waals surface area contributed by atoms with E-state index in [4.69, 9.17) is 5.26 Å². The van der Waals surface area contributed by atoms with Crippen LogP contribution in [0.15, 0.2) is 12.4 Å². The Balaban J connectivity index is 2.22. The van der Waals surface area contributed by atoms with E-state index in [0.717, 1.165) is 25.0 Å². The molecular weight excluding hydrogens is 204 g/mol. The van der Waals surface area contributed by atoms with Crippen LogP contribution < -0.4 is 0 Å². The number of hydrogen-bond donors (Lipinski definition) is 1. The lowest BCUT2D eigenvalue weighted by molar-refractivity contribution is 0.753. The summed E-state index contributed by atoms with van der Waals surface area (Å²) in [6, 6.07) is 2.04. The molecule has 2 rings (SSSR count). The molecule has 0 atom stereocenters. The van der Waals surface area contributed by atoms with Crippen LogP contribution >= 0.6 is 0 Å². The summed E-state index contributed by atoms with van der Waals surface area (Å²) in [6.07, 6.45) is 6.42. The molecule has 6 nitrogen and oxygen atoms in total. The van der Waals surface area contributed by atoms with Gasteiger partial charge in [0.25, 0.3) is 0 Å². The topological polar surface area (TPSA) is 83.2 Å². The maximum Gasteiger partial charge on any atom is 0.169 e. The molecule has 6 heteroatoms. The third-order valence-electron chi connectivity index (χ3n) is 2.30. The molecule has 1 N–H and O–H groups in total. The van der Waals surface area contributed by atoms with E-state index in [9.17, 15) is 0 Å². The summed E-state index contributed by atoms with van der Waals surface area (Å²) in [4.78, 5) is 0. The molecular formula is C10H12N6. The summed E-state index contributed by atoms with van der Waals surface area (Å²) in [5.74, 6) is 0.567. The van der Waals surface area contributed by atoms with Gasteiger partial charge in [-0.2, -0.15) is 10.4 Å². The fourth-order valence-electron chi connectivity index (χ4n) is 1.42. The van der Waals surface area contributed by atoms with Crippen molar-refractivity contribution in [3.63, 3.8) is 0 Å². The Bertz CT molecular complexity index is 503. The predicted octanol–water partition coefficient (Wildman–Crippen LogP) is 1.20. The number of aromatic nitrogens is 5. The third-order valence-corrected chi connectivity index (χ3v) is 2.30. The molecule has 0 aliphatic heterocycles. The molecule has 0 aliphatic carbocycles. The molecule has 0 bridgehead atoms. The first kappa shape index (κ1) is 10.4. The molecule has 0 saturated heterocycles. The molecule has 2 aromatic heterocycles. The van der Waals surface area contributed by atoms with Crippen LogP contribution in [0.5, 0.6) is 0 Å². The number of rotatable bonds is 4. The van der Waals surface area contributed by atoms with E-state index in [1.807, 2.05) is 12.3 Å². The van der Waals surface area contributed by atoms with Gasteiger partial charge in [0.15, 0.2) is 5.82 Å². The van der Waals surface area contributed by atoms with Gasteiger partial charge in [-0.3, -0.25) is 5.10 Å². The van der Waals surface area contributed by atoms with Crippen LogP contribution in [0.4, 0.5) is 0 Å². The Labute approximate surface area is 92.9 Å². The van der Waals surface area contributed by atoms with Crippen molar-refractivity contribution in [1.82, 2.24) is 25.2 Å². The highest BCUT2D eigenvalue weighted by atomic mass is 15.5. The number of hydrogen-bond acceptors (Lipinski definition) is 4. The summed E-state index contributed by atoms with van der Waals surface area (Å²) < 4.78 is 1.55. The normalized spacial score (nSPS) is 10.2. The van der Waals surface area contributed by atoms with E-state index in [2.05, 4.69) is 27.4 Å². The van der Waals surface area contributed by atoms with Gasteiger partial charge in [-0.05, 0) is 12.8 Å². The largest absolute Gasteiger partial charge is 0.260 e. The highest BCUT2D eigenvalue weighted by Gasteiger charge is 2.08. The first-order chi connectivity index (χ1) is 7.85. The van der Waals surface area contributed by atoms with Crippen molar-refractivity contribution in [2.24, 2.45) is 0 Å². The Morgan fingerprint density at radius 1 is 1.56 bits per heavy atom. The second-order valence-electron chi connectivity index (χ2n) is 3.50. The zero-order valence-electron chi connectivity index (χ0n) is 9.01. The van der Waals surface area contributed by atoms with Gasteiger partial charge in [0.1, 0.15) is 11.6 Å². The number of aryl methyl sites for hydroxylation is 1. The number of nitriles is 1. The van der Waals surface area contributed by atoms with Gasteiger partial charge < -0.3 is 0 Å². The Morgan fingerprint density at radius 3 is 3.19 bits per heavy atom. The standard InChI is InChI=1S/C10H12N6/c1-2-3-4-9-7-16(15-13-9)10-8(5-11)6-12-14-10/h6-7H,2-4H2,1H3,(H,12,14). The zero-order valence-corrected chi connectivity index (χ0v) is 9.01. The van der Waals surface area contributed by atoms with E-state index in [0.29, 0.717) is 11.4 Å². The smallest absolute Gasteiger partial charge is 0.169 e. The van der Waals surface area contributed by atoms with Crippen LogP contribution in [0.25, 0.3) is 5.82 Å². The SMILES string of the molecule is CCCCc1cn(-c2[nH]ncc2C#N)nn1. The van der Waals surface area contributed by atoms with Gasteiger partial charge in [0, 0.05) is 0 Å². The van der Waals surface area contributed by atoms with Crippen LogP contribution in [0, 0.1) is 11.3 Å². The van der Waals surface area contributed by atoms with E-state index in [1.165, 1.54) is 6.20 Å². The van der Waals surface area contributed by atoms with Crippen molar-refractivity contribution >= 4 is 0 Å². The first-order valence-electron chi connectivity index (χ1n) is 5.20. The minimum atomic E-state index is 0.465. The maximum absolute atomic E-state index is 8.85. The van der Waals surface area contributed by atoms with Crippen molar-refractivity contribution in [3.05, 3.63) is 23.7 Å². The van der Waals surface area contributed by atoms with Gasteiger partial charge >= 0.3 is 0 Å². The van der Waals surface area contributed by atoms with E-state index in [1.54, 1.807) is 4.68 Å². The van der Waals surface area contributed by atoms with Crippen molar-refractivity contribution in [2.75, 3.05) is 0 Å². The van der Waals surface area contributed by atoms with Gasteiger partial charge in [-0.1, -0.05) is 18.6 Å². The number of H-pyrrole nitrogens is 1. The molecule has 0 radical (unpaired) electrons. The molecule has 0 fully saturated rings. The van der Waals surface area contributed by atoms with Gasteiger partial charge in [-0.15, -0.1) is 5.10 Å². The van der Waals surface area contributed by atoms with Crippen molar-refractivity contribution < 1.29 is 0 Å². The lowest BCUT2D eigenvalue weighted by Crippen LogP contribution is -1.97. The lowest BCUT2D eigenvalue weighted by atomic mass is 10.2. The third kappa shape index (κ3) is 1.93. The number of aromatic amines is 1. The quantitative estimate of drug-likeness (QED) is 0.832. The van der Waals surface area contributed by atoms with E-state index >= 15 is 0 Å². The lowest BCUT2D eigenvalue weighted by Gasteiger charge is -1.94. The average Bonchev–Trinajstić information content (AvgIpc) is 2.94. The van der Waals surface area contributed by atoms with Gasteiger partial charge in [0.05, 0.1) is 18.1 Å². The van der Waals surface area contributed by atoms with Crippen LogP contribution in [0.3, 0.4) is 0 Å². The van der Waals surface area contributed by atoms with Gasteiger partial charge in [0.2, 0.25) is 0 Å². The molecule has 2 aromatic rings. The fraction of sp³-hybridized carbons (Fsp3) is 0.400. The highest BCUT2D eigenvalue weighted by Crippen LogP contribution is 2.09. The van der Waals surface area contributed by atoms with Crippen LogP contribution in [0.1, 0.15) is 31.0 Å². The highest BCUT2D eigenvalue weighted by molar-refractivity contribution is 5.40. The molecule has 0 saturated carbocycles. The van der Waals surface area contributed by atoms with E-state index < -0.39 is 0 Å². The van der Waals surface area contributed by atoms with Gasteiger partial charge in [-0.25, -0.2) is 4.68 Å². The number of nitrogens with zero attached hydrogens (tertiary/aromatic N) is 5. The summed E-state index contributed by atoms with van der Waals surface area (Å²) in [7, 11) is 0. The fourth-order valence-corrected chi connectivity index (χ4v) is 1.42. The second-order valence-corrected chi connectivity index (χ2v) is 3.50. The van der Waals surface area contributed by atoms with Crippen molar-refractivity contribution in [2.45, 2.75) is 26.2 Å². The monoisotopic (exact) mass is 216 g/mol. The molecule has 0 spiro atoms. The maximum atomic E-state index is 8.85. The summed E-state index contributed by atoms with van der Waals surface area (Å²) in [5.41, 5.74) is 1.40. The summed E-state index contributed by atoms with van der Waals surface area (Å²) in [6.45, 7) is 2.13.